The standard InChI is InChI=1S/C8H11FN2O/c1-12-8-4-6(2-3-10)11-5-7(8)9/h4-5H,2-3,10H2,1H3. The number of aromatic nitrogens is 1. The van der Waals surface area contributed by atoms with Crippen LogP contribution >= 0.6 is 0 Å². The highest BCUT2D eigenvalue weighted by molar-refractivity contribution is 5.24. The van der Waals surface area contributed by atoms with Crippen molar-refractivity contribution in [1.29, 1.82) is 0 Å². The first-order valence-corrected chi connectivity index (χ1v) is 3.66. The Bertz CT molecular complexity index is 265. The minimum atomic E-state index is -0.446. The molecule has 0 atom stereocenters. The van der Waals surface area contributed by atoms with Crippen molar-refractivity contribution in [2.75, 3.05) is 13.7 Å². The summed E-state index contributed by atoms with van der Waals surface area (Å²) in [7, 11) is 1.42. The molecule has 0 aliphatic carbocycles. The summed E-state index contributed by atoms with van der Waals surface area (Å²) in [6.45, 7) is 0.502. The average Bonchev–Trinajstić information content (AvgIpc) is 2.09. The molecule has 0 radical (unpaired) electrons. The number of halogens is 1. The van der Waals surface area contributed by atoms with Crippen molar-refractivity contribution in [3.8, 4) is 5.75 Å². The molecule has 1 rings (SSSR count). The van der Waals surface area contributed by atoms with E-state index in [9.17, 15) is 4.39 Å². The molecular formula is C8H11FN2O. The summed E-state index contributed by atoms with van der Waals surface area (Å²) in [6.07, 6.45) is 1.78. The van der Waals surface area contributed by atoms with Crippen LogP contribution in [0.25, 0.3) is 0 Å². The Morgan fingerprint density at radius 3 is 3.00 bits per heavy atom. The first-order chi connectivity index (χ1) is 5.77. The van der Waals surface area contributed by atoms with Gasteiger partial charge in [0.05, 0.1) is 13.3 Å². The van der Waals surface area contributed by atoms with Gasteiger partial charge < -0.3 is 10.5 Å². The van der Waals surface area contributed by atoms with Crippen molar-refractivity contribution >= 4 is 0 Å². The summed E-state index contributed by atoms with van der Waals surface area (Å²) in [4.78, 5) is 3.84. The number of pyridine rings is 1. The summed E-state index contributed by atoms with van der Waals surface area (Å²) >= 11 is 0. The van der Waals surface area contributed by atoms with Crippen molar-refractivity contribution in [1.82, 2.24) is 4.98 Å². The highest BCUT2D eigenvalue weighted by Crippen LogP contribution is 2.15. The van der Waals surface area contributed by atoms with Crippen LogP contribution in [0, 0.1) is 5.82 Å². The van der Waals surface area contributed by atoms with Gasteiger partial charge in [-0.3, -0.25) is 4.98 Å². The fourth-order valence-corrected chi connectivity index (χ4v) is 0.902. The van der Waals surface area contributed by atoms with E-state index in [1.54, 1.807) is 6.07 Å². The first kappa shape index (κ1) is 8.93. The molecule has 0 fully saturated rings. The Morgan fingerprint density at radius 2 is 2.42 bits per heavy atom. The van der Waals surface area contributed by atoms with Crippen molar-refractivity contribution < 1.29 is 9.13 Å². The van der Waals surface area contributed by atoms with Crippen LogP contribution in [-0.2, 0) is 6.42 Å². The van der Waals surface area contributed by atoms with Crippen LogP contribution < -0.4 is 10.5 Å². The lowest BCUT2D eigenvalue weighted by Crippen LogP contribution is -2.05. The number of rotatable bonds is 3. The zero-order valence-corrected chi connectivity index (χ0v) is 6.88. The predicted molar refractivity (Wildman–Crippen MR) is 43.5 cm³/mol. The van der Waals surface area contributed by atoms with Gasteiger partial charge >= 0.3 is 0 Å². The Balaban J connectivity index is 2.89. The molecule has 0 bridgehead atoms. The maximum atomic E-state index is 12.8. The molecule has 0 spiro atoms. The second-order valence-corrected chi connectivity index (χ2v) is 2.35. The highest BCUT2D eigenvalue weighted by Gasteiger charge is 2.03. The van der Waals surface area contributed by atoms with Crippen molar-refractivity contribution in [2.24, 2.45) is 5.73 Å². The van der Waals surface area contributed by atoms with E-state index in [-0.39, 0.29) is 5.75 Å². The maximum Gasteiger partial charge on any atom is 0.183 e. The molecule has 4 heteroatoms. The lowest BCUT2D eigenvalue weighted by Gasteiger charge is -2.03. The molecule has 3 nitrogen and oxygen atoms in total. The van der Waals surface area contributed by atoms with Crippen LogP contribution in [-0.4, -0.2) is 18.6 Å². The molecule has 0 aliphatic heterocycles. The number of hydrogen-bond donors (Lipinski definition) is 1. The molecule has 0 unspecified atom stereocenters. The Kier molecular flexibility index (Phi) is 2.99. The van der Waals surface area contributed by atoms with Crippen LogP contribution in [0.5, 0.6) is 5.75 Å². The molecule has 0 saturated carbocycles. The molecule has 0 aliphatic rings. The molecule has 2 N–H and O–H groups in total. The fraction of sp³-hybridized carbons (Fsp3) is 0.375. The minimum absolute atomic E-state index is 0.216. The van der Waals surface area contributed by atoms with Gasteiger partial charge in [-0.25, -0.2) is 4.39 Å². The van der Waals surface area contributed by atoms with E-state index >= 15 is 0 Å². The third kappa shape index (κ3) is 1.92. The van der Waals surface area contributed by atoms with Crippen LogP contribution in [0.2, 0.25) is 0 Å². The van der Waals surface area contributed by atoms with Crippen LogP contribution in [0.1, 0.15) is 5.69 Å². The molecule has 1 aromatic heterocycles. The molecule has 0 aromatic carbocycles. The van der Waals surface area contributed by atoms with Gasteiger partial charge in [0, 0.05) is 18.2 Å². The van der Waals surface area contributed by atoms with E-state index in [4.69, 9.17) is 10.5 Å². The van der Waals surface area contributed by atoms with Crippen molar-refractivity contribution in [3.63, 3.8) is 0 Å². The Morgan fingerprint density at radius 1 is 1.67 bits per heavy atom. The lowest BCUT2D eigenvalue weighted by molar-refractivity contribution is 0.384. The van der Waals surface area contributed by atoms with Crippen LogP contribution in [0.15, 0.2) is 12.3 Å². The van der Waals surface area contributed by atoms with Gasteiger partial charge in [0.25, 0.3) is 0 Å². The van der Waals surface area contributed by atoms with Gasteiger partial charge in [-0.05, 0) is 6.54 Å². The second-order valence-electron chi connectivity index (χ2n) is 2.35. The molecule has 0 amide bonds. The summed E-state index contributed by atoms with van der Waals surface area (Å²) in [6, 6.07) is 1.56. The first-order valence-electron chi connectivity index (χ1n) is 3.66. The number of nitrogens with two attached hydrogens (primary N) is 1. The lowest BCUT2D eigenvalue weighted by atomic mass is 10.2. The number of methoxy groups -OCH3 is 1. The molecule has 0 saturated heterocycles. The van der Waals surface area contributed by atoms with E-state index in [2.05, 4.69) is 4.98 Å². The van der Waals surface area contributed by atoms with E-state index in [0.717, 1.165) is 11.9 Å². The zero-order valence-electron chi connectivity index (χ0n) is 6.88. The van der Waals surface area contributed by atoms with Gasteiger partial charge in [0.15, 0.2) is 11.6 Å². The fourth-order valence-electron chi connectivity index (χ4n) is 0.902. The second kappa shape index (κ2) is 4.01. The monoisotopic (exact) mass is 170 g/mol. The van der Waals surface area contributed by atoms with E-state index < -0.39 is 5.82 Å². The SMILES string of the molecule is COc1cc(CCN)ncc1F. The molecule has 12 heavy (non-hydrogen) atoms. The largest absolute Gasteiger partial charge is 0.494 e. The molecular weight excluding hydrogens is 159 g/mol. The summed E-state index contributed by atoms with van der Waals surface area (Å²) in [5.74, 6) is -0.230. The number of hydrogen-bond acceptors (Lipinski definition) is 3. The predicted octanol–water partition coefficient (Wildman–Crippen LogP) is 0.730. The normalized spacial score (nSPS) is 9.92. The molecule has 66 valence electrons. The van der Waals surface area contributed by atoms with Gasteiger partial charge in [0.1, 0.15) is 0 Å². The third-order valence-corrected chi connectivity index (χ3v) is 1.50. The zero-order chi connectivity index (χ0) is 8.97. The van der Waals surface area contributed by atoms with Crippen molar-refractivity contribution in [2.45, 2.75) is 6.42 Å². The maximum absolute atomic E-state index is 12.8. The van der Waals surface area contributed by atoms with Crippen LogP contribution in [0.4, 0.5) is 4.39 Å². The van der Waals surface area contributed by atoms with Crippen molar-refractivity contribution in [3.05, 3.63) is 23.8 Å². The molecule has 1 heterocycles. The highest BCUT2D eigenvalue weighted by atomic mass is 19.1. The van der Waals surface area contributed by atoms with Gasteiger partial charge in [0.2, 0.25) is 0 Å². The molecule has 1 aromatic rings. The van der Waals surface area contributed by atoms with E-state index in [1.165, 1.54) is 7.11 Å². The summed E-state index contributed by atoms with van der Waals surface area (Å²) in [5.41, 5.74) is 6.06. The topological polar surface area (TPSA) is 48.1 Å². The van der Waals surface area contributed by atoms with Crippen LogP contribution in [0.3, 0.4) is 0 Å². The van der Waals surface area contributed by atoms with E-state index in [1.807, 2.05) is 0 Å². The third-order valence-electron chi connectivity index (χ3n) is 1.50. The van der Waals surface area contributed by atoms with Gasteiger partial charge in [-0.2, -0.15) is 0 Å². The average molecular weight is 170 g/mol. The number of nitrogens with zero attached hydrogens (tertiary/aromatic N) is 1. The Labute approximate surface area is 70.4 Å². The van der Waals surface area contributed by atoms with Gasteiger partial charge in [-0.15, -0.1) is 0 Å². The quantitative estimate of drug-likeness (QED) is 0.727. The Hall–Kier alpha value is -1.16. The van der Waals surface area contributed by atoms with E-state index in [0.29, 0.717) is 13.0 Å². The summed E-state index contributed by atoms with van der Waals surface area (Å²) < 4.78 is 17.6. The number of ether oxygens (including phenoxy) is 1. The smallest absolute Gasteiger partial charge is 0.183 e. The van der Waals surface area contributed by atoms with Gasteiger partial charge in [-0.1, -0.05) is 0 Å². The summed E-state index contributed by atoms with van der Waals surface area (Å²) in [5, 5.41) is 0. The minimum Gasteiger partial charge on any atom is -0.494 e.